The first-order valence-electron chi connectivity index (χ1n) is 6.10. The van der Waals surface area contributed by atoms with Crippen LogP contribution in [0, 0.1) is 0 Å². The second-order valence-electron chi connectivity index (χ2n) is 5.48. The van der Waals surface area contributed by atoms with Crippen molar-refractivity contribution in [2.24, 2.45) is 11.5 Å². The molecule has 0 bridgehead atoms. The van der Waals surface area contributed by atoms with E-state index in [-0.39, 0.29) is 5.91 Å². The number of rotatable bonds is 5. The third kappa shape index (κ3) is 5.09. The average molecular weight is 263 g/mol. The fourth-order valence-corrected chi connectivity index (χ4v) is 1.66. The van der Waals surface area contributed by atoms with Crippen LogP contribution in [0.2, 0.25) is 0 Å². The molecular formula is C14H21N3O2. The van der Waals surface area contributed by atoms with Gasteiger partial charge >= 0.3 is 0 Å². The molecule has 0 atom stereocenters. The van der Waals surface area contributed by atoms with E-state index in [1.165, 1.54) is 0 Å². The topological polar surface area (TPSA) is 89.4 Å². The largest absolute Gasteiger partial charge is 0.366 e. The van der Waals surface area contributed by atoms with Gasteiger partial charge in [-0.1, -0.05) is 12.1 Å². The highest BCUT2D eigenvalue weighted by molar-refractivity contribution is 5.92. The molecule has 5 heteroatoms. The van der Waals surface area contributed by atoms with Crippen LogP contribution in [0.3, 0.4) is 0 Å². The summed E-state index contributed by atoms with van der Waals surface area (Å²) in [6.45, 7) is 4.12. The second kappa shape index (κ2) is 5.84. The van der Waals surface area contributed by atoms with E-state index in [4.69, 9.17) is 11.5 Å². The maximum atomic E-state index is 11.9. The van der Waals surface area contributed by atoms with E-state index in [0.717, 1.165) is 5.56 Å². The van der Waals surface area contributed by atoms with Gasteiger partial charge in [-0.3, -0.25) is 9.59 Å². The highest BCUT2D eigenvalue weighted by Gasteiger charge is 2.19. The van der Waals surface area contributed by atoms with Crippen molar-refractivity contribution < 1.29 is 9.59 Å². The van der Waals surface area contributed by atoms with Gasteiger partial charge < -0.3 is 16.4 Å². The maximum absolute atomic E-state index is 11.9. The number of nitrogens with zero attached hydrogens (tertiary/aromatic N) is 1. The van der Waals surface area contributed by atoms with Crippen LogP contribution < -0.4 is 11.5 Å². The first kappa shape index (κ1) is 15.2. The Balaban J connectivity index is 2.64. The van der Waals surface area contributed by atoms with Gasteiger partial charge in [-0.2, -0.15) is 0 Å². The Labute approximate surface area is 113 Å². The fourth-order valence-electron chi connectivity index (χ4n) is 1.66. The zero-order chi connectivity index (χ0) is 14.6. The van der Waals surface area contributed by atoms with Crippen molar-refractivity contribution in [3.8, 4) is 0 Å². The van der Waals surface area contributed by atoms with Crippen LogP contribution in [0.5, 0.6) is 0 Å². The molecule has 0 saturated carbocycles. The molecule has 19 heavy (non-hydrogen) atoms. The third-order valence-corrected chi connectivity index (χ3v) is 2.69. The van der Waals surface area contributed by atoms with Crippen molar-refractivity contribution in [2.75, 3.05) is 7.05 Å². The molecule has 0 aliphatic carbocycles. The summed E-state index contributed by atoms with van der Waals surface area (Å²) in [7, 11) is 1.73. The monoisotopic (exact) mass is 263 g/mol. The zero-order valence-corrected chi connectivity index (χ0v) is 11.6. The van der Waals surface area contributed by atoms with Gasteiger partial charge in [0.2, 0.25) is 11.8 Å². The Morgan fingerprint density at radius 3 is 2.16 bits per heavy atom. The zero-order valence-electron chi connectivity index (χ0n) is 11.6. The van der Waals surface area contributed by atoms with Gasteiger partial charge in [-0.15, -0.1) is 0 Å². The number of primary amides is 1. The first-order valence-corrected chi connectivity index (χ1v) is 6.10. The lowest BCUT2D eigenvalue weighted by Gasteiger charge is -2.23. The van der Waals surface area contributed by atoms with Gasteiger partial charge in [-0.25, -0.2) is 0 Å². The Kier molecular flexibility index (Phi) is 4.67. The van der Waals surface area contributed by atoms with Crippen molar-refractivity contribution in [1.29, 1.82) is 0 Å². The number of carbonyl (C=O) groups excluding carboxylic acids is 2. The summed E-state index contributed by atoms with van der Waals surface area (Å²) in [4.78, 5) is 24.5. The lowest BCUT2D eigenvalue weighted by atomic mass is 10.0. The molecule has 0 fully saturated rings. The molecule has 0 heterocycles. The molecule has 0 radical (unpaired) electrons. The van der Waals surface area contributed by atoms with E-state index in [9.17, 15) is 9.59 Å². The number of benzene rings is 1. The average Bonchev–Trinajstić information content (AvgIpc) is 2.27. The van der Waals surface area contributed by atoms with Crippen molar-refractivity contribution in [2.45, 2.75) is 32.4 Å². The third-order valence-electron chi connectivity index (χ3n) is 2.69. The molecule has 1 aromatic carbocycles. The van der Waals surface area contributed by atoms with Gasteiger partial charge in [0.1, 0.15) is 0 Å². The number of carbonyl (C=O) groups is 2. The summed E-state index contributed by atoms with van der Waals surface area (Å²) in [6.07, 6.45) is 0.295. The van der Waals surface area contributed by atoms with Crippen LogP contribution in [-0.2, 0) is 11.3 Å². The van der Waals surface area contributed by atoms with Gasteiger partial charge in [0, 0.05) is 31.1 Å². The molecule has 0 spiro atoms. The van der Waals surface area contributed by atoms with Crippen LogP contribution in [0.4, 0.5) is 0 Å². The van der Waals surface area contributed by atoms with Gasteiger partial charge in [-0.05, 0) is 31.5 Å². The normalized spacial score (nSPS) is 11.2. The molecule has 5 nitrogen and oxygen atoms in total. The van der Waals surface area contributed by atoms with E-state index in [1.807, 2.05) is 13.8 Å². The van der Waals surface area contributed by atoms with Crippen molar-refractivity contribution in [3.05, 3.63) is 35.4 Å². The number of hydrogen-bond acceptors (Lipinski definition) is 3. The molecule has 0 saturated heterocycles. The standard InChI is InChI=1S/C14H21N3O2/c1-14(2,16)8-12(18)17(3)9-10-4-6-11(7-5-10)13(15)19/h4-7H,8-9,16H2,1-3H3,(H2,15,19). The lowest BCUT2D eigenvalue weighted by Crippen LogP contribution is -2.39. The summed E-state index contributed by atoms with van der Waals surface area (Å²) < 4.78 is 0. The summed E-state index contributed by atoms with van der Waals surface area (Å²) in [5, 5.41) is 0. The molecule has 0 aliphatic rings. The van der Waals surface area contributed by atoms with E-state index in [0.29, 0.717) is 18.5 Å². The fraction of sp³-hybridized carbons (Fsp3) is 0.429. The minimum Gasteiger partial charge on any atom is -0.366 e. The molecule has 0 aromatic heterocycles. The predicted octanol–water partition coefficient (Wildman–Crippen LogP) is 0.871. The van der Waals surface area contributed by atoms with E-state index in [2.05, 4.69) is 0 Å². The Hall–Kier alpha value is -1.88. The summed E-state index contributed by atoms with van der Waals surface area (Å²) in [5.41, 5.74) is 11.9. The summed E-state index contributed by atoms with van der Waals surface area (Å²) >= 11 is 0. The van der Waals surface area contributed by atoms with Crippen LogP contribution in [0.15, 0.2) is 24.3 Å². The molecule has 104 valence electrons. The summed E-state index contributed by atoms with van der Waals surface area (Å²) in [5.74, 6) is -0.465. The van der Waals surface area contributed by atoms with E-state index < -0.39 is 11.4 Å². The van der Waals surface area contributed by atoms with E-state index >= 15 is 0 Å². The van der Waals surface area contributed by atoms with Crippen molar-refractivity contribution in [1.82, 2.24) is 4.90 Å². The molecule has 0 aliphatic heterocycles. The second-order valence-corrected chi connectivity index (χ2v) is 5.48. The summed E-state index contributed by atoms with van der Waals surface area (Å²) in [6, 6.07) is 6.89. The van der Waals surface area contributed by atoms with Crippen molar-refractivity contribution >= 4 is 11.8 Å². The molecule has 1 rings (SSSR count). The molecule has 4 N–H and O–H groups in total. The Morgan fingerprint density at radius 2 is 1.74 bits per heavy atom. The van der Waals surface area contributed by atoms with Crippen LogP contribution in [0.25, 0.3) is 0 Å². The maximum Gasteiger partial charge on any atom is 0.248 e. The SMILES string of the molecule is CN(Cc1ccc(C(N)=O)cc1)C(=O)CC(C)(C)N. The Bertz CT molecular complexity index is 461. The van der Waals surface area contributed by atoms with Crippen LogP contribution >= 0.6 is 0 Å². The highest BCUT2D eigenvalue weighted by atomic mass is 16.2. The predicted molar refractivity (Wildman–Crippen MR) is 74.3 cm³/mol. The number of amides is 2. The number of hydrogen-bond donors (Lipinski definition) is 2. The molecular weight excluding hydrogens is 242 g/mol. The van der Waals surface area contributed by atoms with Crippen molar-refractivity contribution in [3.63, 3.8) is 0 Å². The Morgan fingerprint density at radius 1 is 1.21 bits per heavy atom. The van der Waals surface area contributed by atoms with Crippen LogP contribution in [-0.4, -0.2) is 29.3 Å². The molecule has 2 amide bonds. The smallest absolute Gasteiger partial charge is 0.248 e. The van der Waals surface area contributed by atoms with Crippen LogP contribution in [0.1, 0.15) is 36.2 Å². The lowest BCUT2D eigenvalue weighted by molar-refractivity contribution is -0.131. The molecule has 0 unspecified atom stereocenters. The molecule has 1 aromatic rings. The van der Waals surface area contributed by atoms with E-state index in [1.54, 1.807) is 36.2 Å². The minimum absolute atomic E-state index is 0.00789. The highest BCUT2D eigenvalue weighted by Crippen LogP contribution is 2.10. The van der Waals surface area contributed by atoms with Gasteiger partial charge in [0.05, 0.1) is 0 Å². The minimum atomic E-state index is -0.513. The first-order chi connectivity index (χ1) is 8.69. The van der Waals surface area contributed by atoms with Gasteiger partial charge in [0.25, 0.3) is 0 Å². The quantitative estimate of drug-likeness (QED) is 0.826. The van der Waals surface area contributed by atoms with Gasteiger partial charge in [0.15, 0.2) is 0 Å². The number of nitrogens with two attached hydrogens (primary N) is 2.